The molecule has 5 nitrogen and oxygen atoms in total. The summed E-state index contributed by atoms with van der Waals surface area (Å²) in [6, 6.07) is 20.6. The molecule has 1 N–H and O–H groups in total. The number of carbonyl (C=O) groups is 1. The number of likely N-dealkylation sites (N-methyl/N-ethyl adjacent to an activating group) is 1. The van der Waals surface area contributed by atoms with Crippen LogP contribution in [-0.4, -0.2) is 61.6 Å². The second-order valence-electron chi connectivity index (χ2n) is 7.03. The summed E-state index contributed by atoms with van der Waals surface area (Å²) in [5, 5.41) is 3.25. The summed E-state index contributed by atoms with van der Waals surface area (Å²) in [6.45, 7) is 4.95. The Labute approximate surface area is 161 Å². The highest BCUT2D eigenvalue weighted by atomic mass is 16.5. The third-order valence-electron chi connectivity index (χ3n) is 4.78. The fraction of sp³-hybridized carbons (Fsp3) is 0.409. The van der Waals surface area contributed by atoms with Crippen LogP contribution in [0.25, 0.3) is 0 Å². The number of hydrogen-bond donors (Lipinski definition) is 1. The van der Waals surface area contributed by atoms with Crippen LogP contribution in [0.4, 0.5) is 0 Å². The fourth-order valence-corrected chi connectivity index (χ4v) is 3.26. The van der Waals surface area contributed by atoms with Gasteiger partial charge in [0.25, 0.3) is 5.91 Å². The molecule has 0 aromatic heterocycles. The van der Waals surface area contributed by atoms with Crippen LogP contribution in [0, 0.1) is 0 Å². The zero-order valence-electron chi connectivity index (χ0n) is 16.0. The Balaban J connectivity index is 1.60. The van der Waals surface area contributed by atoms with Crippen LogP contribution >= 0.6 is 0 Å². The maximum absolute atomic E-state index is 13.0. The molecule has 0 bridgehead atoms. The molecule has 1 aliphatic heterocycles. The van der Waals surface area contributed by atoms with Gasteiger partial charge in [0, 0.05) is 39.3 Å². The van der Waals surface area contributed by atoms with Crippen molar-refractivity contribution in [2.75, 3.05) is 39.8 Å². The largest absolute Gasteiger partial charge is 0.366 e. The van der Waals surface area contributed by atoms with Crippen molar-refractivity contribution in [2.24, 2.45) is 0 Å². The first kappa shape index (κ1) is 19.5. The third kappa shape index (κ3) is 6.17. The minimum Gasteiger partial charge on any atom is -0.366 e. The minimum absolute atomic E-state index is 0.0687. The first-order valence-electron chi connectivity index (χ1n) is 9.60. The van der Waals surface area contributed by atoms with Crippen LogP contribution in [0.5, 0.6) is 0 Å². The smallest absolute Gasteiger partial charge is 0.253 e. The molecule has 1 heterocycles. The van der Waals surface area contributed by atoms with Gasteiger partial charge in [0.2, 0.25) is 0 Å². The number of hydrogen-bond acceptors (Lipinski definition) is 4. The number of rotatable bonds is 8. The van der Waals surface area contributed by atoms with E-state index in [9.17, 15) is 4.79 Å². The van der Waals surface area contributed by atoms with Gasteiger partial charge in [0.1, 0.15) is 6.10 Å². The highest BCUT2D eigenvalue weighted by Crippen LogP contribution is 2.10. The monoisotopic (exact) mass is 367 g/mol. The topological polar surface area (TPSA) is 44.8 Å². The van der Waals surface area contributed by atoms with E-state index >= 15 is 0 Å². The molecule has 1 saturated heterocycles. The Morgan fingerprint density at radius 2 is 1.63 bits per heavy atom. The number of amides is 1. The first-order valence-corrected chi connectivity index (χ1v) is 9.60. The van der Waals surface area contributed by atoms with E-state index in [1.54, 1.807) is 0 Å². The molecule has 2 aromatic carbocycles. The van der Waals surface area contributed by atoms with Crippen molar-refractivity contribution >= 4 is 5.91 Å². The Morgan fingerprint density at radius 3 is 2.22 bits per heavy atom. The minimum atomic E-state index is -0.387. The molecule has 1 aliphatic rings. The van der Waals surface area contributed by atoms with Crippen LogP contribution in [0.2, 0.25) is 0 Å². The van der Waals surface area contributed by atoms with E-state index in [4.69, 9.17) is 4.74 Å². The van der Waals surface area contributed by atoms with Crippen LogP contribution in [0.3, 0.4) is 0 Å². The molecule has 0 radical (unpaired) electrons. The third-order valence-corrected chi connectivity index (χ3v) is 4.78. The molecular formula is C22H29N3O2. The van der Waals surface area contributed by atoms with Crippen molar-refractivity contribution in [3.8, 4) is 0 Å². The summed E-state index contributed by atoms with van der Waals surface area (Å²) in [7, 11) is 2.09. The summed E-state index contributed by atoms with van der Waals surface area (Å²) in [5.74, 6) is 0.0687. The molecule has 144 valence electrons. The van der Waals surface area contributed by atoms with Crippen molar-refractivity contribution in [3.05, 3.63) is 71.8 Å². The first-order chi connectivity index (χ1) is 13.2. The summed E-state index contributed by atoms with van der Waals surface area (Å²) in [5.41, 5.74) is 2.42. The number of benzene rings is 2. The van der Waals surface area contributed by atoms with Gasteiger partial charge in [0.15, 0.2) is 0 Å². The second-order valence-corrected chi connectivity index (χ2v) is 7.03. The molecule has 27 heavy (non-hydrogen) atoms. The zero-order chi connectivity index (χ0) is 18.9. The van der Waals surface area contributed by atoms with Crippen molar-refractivity contribution in [1.82, 2.24) is 15.1 Å². The summed E-state index contributed by atoms with van der Waals surface area (Å²) < 4.78 is 5.69. The molecule has 0 saturated carbocycles. The predicted molar refractivity (Wildman–Crippen MR) is 107 cm³/mol. The van der Waals surface area contributed by atoms with Gasteiger partial charge in [-0.2, -0.15) is 0 Å². The van der Waals surface area contributed by atoms with Gasteiger partial charge in [-0.05, 0) is 18.2 Å². The number of nitrogens with one attached hydrogen (secondary N) is 1. The SMILES string of the molecule is CN(CCN(Cc1ccccc1)C(=O)C1CNCCO1)Cc1ccccc1. The Kier molecular flexibility index (Phi) is 7.39. The average molecular weight is 367 g/mol. The van der Waals surface area contributed by atoms with Crippen LogP contribution < -0.4 is 5.32 Å². The fourth-order valence-electron chi connectivity index (χ4n) is 3.26. The zero-order valence-corrected chi connectivity index (χ0v) is 16.0. The van der Waals surface area contributed by atoms with E-state index in [1.165, 1.54) is 5.56 Å². The van der Waals surface area contributed by atoms with Gasteiger partial charge in [-0.1, -0.05) is 60.7 Å². The van der Waals surface area contributed by atoms with Crippen LogP contribution in [0.1, 0.15) is 11.1 Å². The second kappa shape index (κ2) is 10.2. The van der Waals surface area contributed by atoms with Gasteiger partial charge in [0.05, 0.1) is 6.61 Å². The van der Waals surface area contributed by atoms with E-state index in [-0.39, 0.29) is 12.0 Å². The highest BCUT2D eigenvalue weighted by Gasteiger charge is 2.27. The average Bonchev–Trinajstić information content (AvgIpc) is 2.73. The molecule has 1 amide bonds. The van der Waals surface area contributed by atoms with Gasteiger partial charge in [-0.3, -0.25) is 4.79 Å². The molecule has 1 unspecified atom stereocenters. The lowest BCUT2D eigenvalue weighted by Crippen LogP contribution is -2.50. The lowest BCUT2D eigenvalue weighted by molar-refractivity contribution is -0.146. The summed E-state index contributed by atoms with van der Waals surface area (Å²) >= 11 is 0. The molecule has 0 aliphatic carbocycles. The Morgan fingerprint density at radius 1 is 1.00 bits per heavy atom. The standard InChI is InChI=1S/C22H29N3O2/c1-24(17-19-8-4-2-5-9-19)13-14-25(18-20-10-6-3-7-11-20)22(26)21-16-23-12-15-27-21/h2-11,21,23H,12-18H2,1H3. The van der Waals surface area contributed by atoms with Crippen LogP contribution in [-0.2, 0) is 22.6 Å². The van der Waals surface area contributed by atoms with Gasteiger partial charge in [-0.15, -0.1) is 0 Å². The summed E-state index contributed by atoms with van der Waals surface area (Å²) in [6.07, 6.45) is -0.387. The normalized spacial score (nSPS) is 17.0. The van der Waals surface area contributed by atoms with Gasteiger partial charge in [-0.25, -0.2) is 0 Å². The maximum atomic E-state index is 13.0. The van der Waals surface area contributed by atoms with E-state index in [1.807, 2.05) is 29.2 Å². The number of morpholine rings is 1. The molecule has 5 heteroatoms. The van der Waals surface area contributed by atoms with Gasteiger partial charge >= 0.3 is 0 Å². The Hall–Kier alpha value is -2.21. The molecule has 2 aromatic rings. The number of nitrogens with zero attached hydrogens (tertiary/aromatic N) is 2. The number of ether oxygens (including phenoxy) is 1. The molecule has 1 fully saturated rings. The van der Waals surface area contributed by atoms with Crippen molar-refractivity contribution in [2.45, 2.75) is 19.2 Å². The lowest BCUT2D eigenvalue weighted by atomic mass is 10.2. The highest BCUT2D eigenvalue weighted by molar-refractivity contribution is 5.81. The molecule has 1 atom stereocenters. The summed E-state index contributed by atoms with van der Waals surface area (Å²) in [4.78, 5) is 17.2. The molecule has 3 rings (SSSR count). The van der Waals surface area contributed by atoms with Gasteiger partial charge < -0.3 is 19.9 Å². The molecule has 0 spiro atoms. The van der Waals surface area contributed by atoms with E-state index in [0.717, 1.165) is 25.2 Å². The number of carbonyl (C=O) groups excluding carboxylic acids is 1. The Bertz CT molecular complexity index is 687. The predicted octanol–water partition coefficient (Wildman–Crippen LogP) is 2.14. The maximum Gasteiger partial charge on any atom is 0.253 e. The van der Waals surface area contributed by atoms with E-state index < -0.39 is 0 Å². The van der Waals surface area contributed by atoms with Crippen molar-refractivity contribution in [3.63, 3.8) is 0 Å². The van der Waals surface area contributed by atoms with E-state index in [2.05, 4.69) is 53.7 Å². The van der Waals surface area contributed by atoms with Crippen LogP contribution in [0.15, 0.2) is 60.7 Å². The van der Waals surface area contributed by atoms with Crippen molar-refractivity contribution in [1.29, 1.82) is 0 Å². The molecular weight excluding hydrogens is 338 g/mol. The lowest BCUT2D eigenvalue weighted by Gasteiger charge is -2.31. The van der Waals surface area contributed by atoms with E-state index in [0.29, 0.717) is 26.2 Å². The quantitative estimate of drug-likeness (QED) is 0.776. The van der Waals surface area contributed by atoms with Crippen molar-refractivity contribution < 1.29 is 9.53 Å².